The summed E-state index contributed by atoms with van der Waals surface area (Å²) in [6.45, 7) is 0.776. The zero-order valence-electron chi connectivity index (χ0n) is 10.2. The van der Waals surface area contributed by atoms with Gasteiger partial charge in [0.2, 0.25) is 5.28 Å². The SMILES string of the molecule is NC(=O)c1cnc(Cl)nc1NCCC1CCCC1. The largest absolute Gasteiger partial charge is 0.369 e. The fraction of sp³-hybridized carbons (Fsp3) is 0.583. The summed E-state index contributed by atoms with van der Waals surface area (Å²) in [6, 6.07) is 0. The van der Waals surface area contributed by atoms with Crippen LogP contribution in [-0.2, 0) is 0 Å². The Morgan fingerprint density at radius 2 is 2.22 bits per heavy atom. The number of anilines is 1. The molecule has 2 rings (SSSR count). The molecule has 0 spiro atoms. The number of rotatable bonds is 5. The molecule has 0 aromatic carbocycles. The van der Waals surface area contributed by atoms with Gasteiger partial charge in [-0.3, -0.25) is 4.79 Å². The van der Waals surface area contributed by atoms with Crippen molar-refractivity contribution < 1.29 is 4.79 Å². The molecule has 0 radical (unpaired) electrons. The Morgan fingerprint density at radius 3 is 2.89 bits per heavy atom. The lowest BCUT2D eigenvalue weighted by Gasteiger charge is -2.11. The van der Waals surface area contributed by atoms with E-state index in [1.807, 2.05) is 0 Å². The first-order chi connectivity index (χ1) is 8.66. The average Bonchev–Trinajstić information content (AvgIpc) is 2.82. The van der Waals surface area contributed by atoms with E-state index >= 15 is 0 Å². The molecule has 1 fully saturated rings. The molecule has 1 aliphatic rings. The van der Waals surface area contributed by atoms with E-state index in [-0.39, 0.29) is 10.8 Å². The van der Waals surface area contributed by atoms with Crippen LogP contribution in [0.4, 0.5) is 5.82 Å². The van der Waals surface area contributed by atoms with Gasteiger partial charge in [0.15, 0.2) is 0 Å². The zero-order chi connectivity index (χ0) is 13.0. The quantitative estimate of drug-likeness (QED) is 0.803. The van der Waals surface area contributed by atoms with Crippen molar-refractivity contribution in [2.24, 2.45) is 11.7 Å². The van der Waals surface area contributed by atoms with Crippen molar-refractivity contribution in [1.82, 2.24) is 9.97 Å². The van der Waals surface area contributed by atoms with E-state index in [9.17, 15) is 4.79 Å². The van der Waals surface area contributed by atoms with Crippen molar-refractivity contribution in [3.63, 3.8) is 0 Å². The molecular weight excluding hydrogens is 252 g/mol. The van der Waals surface area contributed by atoms with Crippen molar-refractivity contribution in [2.45, 2.75) is 32.1 Å². The molecule has 5 nitrogen and oxygen atoms in total. The summed E-state index contributed by atoms with van der Waals surface area (Å²) < 4.78 is 0. The van der Waals surface area contributed by atoms with Crippen LogP contribution in [0.25, 0.3) is 0 Å². The highest BCUT2D eigenvalue weighted by atomic mass is 35.5. The number of carbonyl (C=O) groups is 1. The minimum Gasteiger partial charge on any atom is -0.369 e. The summed E-state index contributed by atoms with van der Waals surface area (Å²) in [4.78, 5) is 19.0. The van der Waals surface area contributed by atoms with Crippen LogP contribution in [-0.4, -0.2) is 22.4 Å². The molecule has 1 aliphatic carbocycles. The Bertz CT molecular complexity index is 432. The summed E-state index contributed by atoms with van der Waals surface area (Å²) in [5.41, 5.74) is 5.54. The normalized spacial score (nSPS) is 15.8. The summed E-state index contributed by atoms with van der Waals surface area (Å²) in [5.74, 6) is 0.669. The van der Waals surface area contributed by atoms with Gasteiger partial charge in [-0.1, -0.05) is 25.7 Å². The van der Waals surface area contributed by atoms with Crippen molar-refractivity contribution in [3.8, 4) is 0 Å². The predicted molar refractivity (Wildman–Crippen MR) is 70.6 cm³/mol. The highest BCUT2D eigenvalue weighted by molar-refractivity contribution is 6.28. The molecule has 1 heterocycles. The zero-order valence-corrected chi connectivity index (χ0v) is 10.9. The van der Waals surface area contributed by atoms with Gasteiger partial charge in [0.1, 0.15) is 5.82 Å². The van der Waals surface area contributed by atoms with Gasteiger partial charge in [-0.05, 0) is 23.9 Å². The molecule has 0 saturated heterocycles. The fourth-order valence-corrected chi connectivity index (χ4v) is 2.50. The Hall–Kier alpha value is -1.36. The smallest absolute Gasteiger partial charge is 0.254 e. The number of primary amides is 1. The van der Waals surface area contributed by atoms with Gasteiger partial charge in [0.05, 0.1) is 5.56 Å². The first kappa shape index (κ1) is 13.1. The number of nitrogens with two attached hydrogens (primary N) is 1. The second kappa shape index (κ2) is 6.00. The third-order valence-electron chi connectivity index (χ3n) is 3.34. The molecule has 1 aromatic heterocycles. The van der Waals surface area contributed by atoms with E-state index in [0.29, 0.717) is 5.82 Å². The standard InChI is InChI=1S/C12H17ClN4O/c13-12-16-7-9(10(14)18)11(17-12)15-6-5-8-3-1-2-4-8/h7-8H,1-6H2,(H2,14,18)(H,15,16,17). The van der Waals surface area contributed by atoms with E-state index in [1.165, 1.54) is 31.9 Å². The molecule has 0 bridgehead atoms. The van der Waals surface area contributed by atoms with Gasteiger partial charge in [-0.25, -0.2) is 4.98 Å². The van der Waals surface area contributed by atoms with E-state index in [1.54, 1.807) is 0 Å². The average molecular weight is 269 g/mol. The molecule has 3 N–H and O–H groups in total. The molecule has 1 saturated carbocycles. The number of carbonyl (C=O) groups excluding carboxylic acids is 1. The van der Waals surface area contributed by atoms with E-state index in [4.69, 9.17) is 17.3 Å². The molecule has 98 valence electrons. The van der Waals surface area contributed by atoms with Crippen LogP contribution >= 0.6 is 11.6 Å². The van der Waals surface area contributed by atoms with Gasteiger partial charge < -0.3 is 11.1 Å². The van der Waals surface area contributed by atoms with Crippen LogP contribution in [0, 0.1) is 5.92 Å². The lowest BCUT2D eigenvalue weighted by atomic mass is 10.0. The van der Waals surface area contributed by atoms with Crippen molar-refractivity contribution >= 4 is 23.3 Å². The third kappa shape index (κ3) is 3.32. The number of nitrogens with one attached hydrogen (secondary N) is 1. The van der Waals surface area contributed by atoms with Gasteiger partial charge in [0.25, 0.3) is 5.91 Å². The first-order valence-electron chi connectivity index (χ1n) is 6.23. The number of nitrogens with zero attached hydrogens (tertiary/aromatic N) is 2. The summed E-state index contributed by atoms with van der Waals surface area (Å²) >= 11 is 5.71. The van der Waals surface area contributed by atoms with E-state index in [2.05, 4.69) is 15.3 Å². The van der Waals surface area contributed by atoms with Crippen LogP contribution in [0.1, 0.15) is 42.5 Å². The number of aromatic nitrogens is 2. The Kier molecular flexibility index (Phi) is 4.36. The monoisotopic (exact) mass is 268 g/mol. The van der Waals surface area contributed by atoms with Crippen molar-refractivity contribution in [1.29, 1.82) is 0 Å². The van der Waals surface area contributed by atoms with Crippen molar-refractivity contribution in [2.75, 3.05) is 11.9 Å². The molecule has 18 heavy (non-hydrogen) atoms. The summed E-state index contributed by atoms with van der Waals surface area (Å²) in [6.07, 6.45) is 7.70. The van der Waals surface area contributed by atoms with Crippen LogP contribution in [0.5, 0.6) is 0 Å². The molecule has 1 amide bonds. The first-order valence-corrected chi connectivity index (χ1v) is 6.61. The van der Waals surface area contributed by atoms with Crippen molar-refractivity contribution in [3.05, 3.63) is 17.0 Å². The molecular formula is C12H17ClN4O. The maximum Gasteiger partial charge on any atom is 0.254 e. The molecule has 6 heteroatoms. The number of hydrogen-bond donors (Lipinski definition) is 2. The summed E-state index contributed by atoms with van der Waals surface area (Å²) in [7, 11) is 0. The maximum atomic E-state index is 11.2. The summed E-state index contributed by atoms with van der Waals surface area (Å²) in [5, 5.41) is 3.24. The topological polar surface area (TPSA) is 80.9 Å². The van der Waals surface area contributed by atoms with Crippen LogP contribution < -0.4 is 11.1 Å². The van der Waals surface area contributed by atoms with Gasteiger partial charge in [-0.2, -0.15) is 4.98 Å². The molecule has 0 atom stereocenters. The molecule has 1 aromatic rings. The Balaban J connectivity index is 1.94. The van der Waals surface area contributed by atoms with Gasteiger partial charge >= 0.3 is 0 Å². The van der Waals surface area contributed by atoms with E-state index < -0.39 is 5.91 Å². The predicted octanol–water partition coefficient (Wildman–Crippen LogP) is 2.22. The Morgan fingerprint density at radius 1 is 1.50 bits per heavy atom. The minimum absolute atomic E-state index is 0.114. The minimum atomic E-state index is -0.546. The third-order valence-corrected chi connectivity index (χ3v) is 3.53. The molecule has 0 aliphatic heterocycles. The second-order valence-electron chi connectivity index (χ2n) is 4.63. The van der Waals surface area contributed by atoms with Gasteiger partial charge in [0, 0.05) is 12.7 Å². The highest BCUT2D eigenvalue weighted by Crippen LogP contribution is 2.27. The Labute approximate surface area is 111 Å². The lowest BCUT2D eigenvalue weighted by Crippen LogP contribution is -2.17. The number of amides is 1. The van der Waals surface area contributed by atoms with E-state index in [0.717, 1.165) is 18.9 Å². The number of hydrogen-bond acceptors (Lipinski definition) is 4. The van der Waals surface area contributed by atoms with Crippen LogP contribution in [0.15, 0.2) is 6.20 Å². The van der Waals surface area contributed by atoms with Crippen LogP contribution in [0.3, 0.4) is 0 Å². The van der Waals surface area contributed by atoms with Crippen LogP contribution in [0.2, 0.25) is 5.28 Å². The highest BCUT2D eigenvalue weighted by Gasteiger charge is 2.15. The van der Waals surface area contributed by atoms with Gasteiger partial charge in [-0.15, -0.1) is 0 Å². The second-order valence-corrected chi connectivity index (χ2v) is 4.97. The maximum absolute atomic E-state index is 11.2. The molecule has 0 unspecified atom stereocenters. The fourth-order valence-electron chi connectivity index (χ4n) is 2.37. The lowest BCUT2D eigenvalue weighted by molar-refractivity contribution is 0.100. The number of halogens is 1.